The molecule has 108 valence electrons. The zero-order chi connectivity index (χ0) is 13.8. The van der Waals surface area contributed by atoms with Crippen molar-refractivity contribution < 1.29 is 4.74 Å². The van der Waals surface area contributed by atoms with E-state index in [0.29, 0.717) is 5.95 Å². The van der Waals surface area contributed by atoms with Crippen LogP contribution < -0.4 is 5.32 Å². The largest absolute Gasteiger partial charge is 0.379 e. The van der Waals surface area contributed by atoms with Crippen molar-refractivity contribution >= 4 is 11.6 Å². The first-order valence-electron chi connectivity index (χ1n) is 7.18. The van der Waals surface area contributed by atoms with Crippen LogP contribution in [0.3, 0.4) is 0 Å². The Morgan fingerprint density at radius 2 is 2.15 bits per heavy atom. The minimum Gasteiger partial charge on any atom is -0.379 e. The van der Waals surface area contributed by atoms with E-state index in [0.717, 1.165) is 51.5 Å². The summed E-state index contributed by atoms with van der Waals surface area (Å²) in [7, 11) is 0. The molecule has 0 bridgehead atoms. The molecule has 1 saturated heterocycles. The molecule has 6 heteroatoms. The van der Waals surface area contributed by atoms with Crippen LogP contribution in [0.15, 0.2) is 18.3 Å². The van der Waals surface area contributed by atoms with Gasteiger partial charge in [-0.05, 0) is 31.5 Å². The van der Waals surface area contributed by atoms with Crippen molar-refractivity contribution in [1.82, 2.24) is 19.5 Å². The zero-order valence-electron chi connectivity index (χ0n) is 11.9. The number of aromatic nitrogens is 3. The summed E-state index contributed by atoms with van der Waals surface area (Å²) in [6.45, 7) is 7.87. The fraction of sp³-hybridized carbons (Fsp3) is 0.571. The summed E-state index contributed by atoms with van der Waals surface area (Å²) in [6.07, 6.45) is 3.08. The molecule has 2 aromatic heterocycles. The SMILES string of the molecule is Cc1ccc2nc(NCCCN3CCOCC3)nn2c1. The number of fused-ring (bicyclic) bond motifs is 1. The number of anilines is 1. The number of rotatable bonds is 5. The van der Waals surface area contributed by atoms with Gasteiger partial charge in [-0.2, -0.15) is 4.98 Å². The lowest BCUT2D eigenvalue weighted by Gasteiger charge is -2.26. The Morgan fingerprint density at radius 3 is 3.00 bits per heavy atom. The molecule has 3 heterocycles. The van der Waals surface area contributed by atoms with Crippen molar-refractivity contribution in [1.29, 1.82) is 0 Å². The van der Waals surface area contributed by atoms with Crippen LogP contribution in [0.5, 0.6) is 0 Å². The van der Waals surface area contributed by atoms with Crippen LogP contribution in [0, 0.1) is 6.92 Å². The van der Waals surface area contributed by atoms with Crippen molar-refractivity contribution in [3.8, 4) is 0 Å². The molecule has 0 amide bonds. The Morgan fingerprint density at radius 1 is 1.30 bits per heavy atom. The van der Waals surface area contributed by atoms with E-state index in [9.17, 15) is 0 Å². The van der Waals surface area contributed by atoms with E-state index >= 15 is 0 Å². The summed E-state index contributed by atoms with van der Waals surface area (Å²) in [5, 5.41) is 7.71. The molecule has 1 fully saturated rings. The van der Waals surface area contributed by atoms with Crippen LogP contribution in [-0.4, -0.2) is 58.9 Å². The molecular formula is C14H21N5O. The lowest BCUT2D eigenvalue weighted by atomic mass is 10.3. The smallest absolute Gasteiger partial charge is 0.243 e. The molecular weight excluding hydrogens is 254 g/mol. The number of pyridine rings is 1. The minimum atomic E-state index is 0.706. The highest BCUT2D eigenvalue weighted by Gasteiger charge is 2.09. The zero-order valence-corrected chi connectivity index (χ0v) is 11.9. The van der Waals surface area contributed by atoms with Gasteiger partial charge in [0.15, 0.2) is 5.65 Å². The highest BCUT2D eigenvalue weighted by Crippen LogP contribution is 2.07. The molecule has 1 N–H and O–H groups in total. The van der Waals surface area contributed by atoms with Crippen LogP contribution >= 0.6 is 0 Å². The number of aryl methyl sites for hydroxylation is 1. The van der Waals surface area contributed by atoms with Gasteiger partial charge in [0.25, 0.3) is 0 Å². The maximum atomic E-state index is 5.34. The predicted octanol–water partition coefficient (Wildman–Crippen LogP) is 1.17. The second kappa shape index (κ2) is 6.19. The number of nitrogens with one attached hydrogen (secondary N) is 1. The van der Waals surface area contributed by atoms with Crippen molar-refractivity contribution in [2.45, 2.75) is 13.3 Å². The van der Waals surface area contributed by atoms with E-state index in [4.69, 9.17) is 4.74 Å². The molecule has 0 aliphatic carbocycles. The van der Waals surface area contributed by atoms with Crippen LogP contribution in [0.1, 0.15) is 12.0 Å². The van der Waals surface area contributed by atoms with Gasteiger partial charge in [0, 0.05) is 25.8 Å². The monoisotopic (exact) mass is 275 g/mol. The fourth-order valence-electron chi connectivity index (χ4n) is 2.39. The molecule has 0 aromatic carbocycles. The van der Waals surface area contributed by atoms with Crippen molar-refractivity contribution in [2.24, 2.45) is 0 Å². The maximum absolute atomic E-state index is 5.34. The van der Waals surface area contributed by atoms with Crippen LogP contribution in [0.4, 0.5) is 5.95 Å². The van der Waals surface area contributed by atoms with Crippen LogP contribution in [0.25, 0.3) is 5.65 Å². The van der Waals surface area contributed by atoms with Gasteiger partial charge >= 0.3 is 0 Å². The maximum Gasteiger partial charge on any atom is 0.243 e. The molecule has 0 radical (unpaired) electrons. The van der Waals surface area contributed by atoms with Crippen molar-refractivity contribution in [2.75, 3.05) is 44.7 Å². The summed E-state index contributed by atoms with van der Waals surface area (Å²) in [6, 6.07) is 4.04. The van der Waals surface area contributed by atoms with Crippen LogP contribution in [-0.2, 0) is 4.74 Å². The normalized spacial score (nSPS) is 16.6. The average molecular weight is 275 g/mol. The second-order valence-electron chi connectivity index (χ2n) is 5.18. The Hall–Kier alpha value is -1.66. The second-order valence-corrected chi connectivity index (χ2v) is 5.18. The van der Waals surface area contributed by atoms with E-state index in [1.165, 1.54) is 5.56 Å². The lowest BCUT2D eigenvalue weighted by Crippen LogP contribution is -2.37. The minimum absolute atomic E-state index is 0.706. The third kappa shape index (κ3) is 3.26. The van der Waals surface area contributed by atoms with E-state index in [-0.39, 0.29) is 0 Å². The summed E-state index contributed by atoms with van der Waals surface area (Å²) in [4.78, 5) is 6.88. The third-order valence-corrected chi connectivity index (χ3v) is 3.52. The van der Waals surface area contributed by atoms with Gasteiger partial charge in [0.05, 0.1) is 13.2 Å². The summed E-state index contributed by atoms with van der Waals surface area (Å²) in [5.41, 5.74) is 2.06. The van der Waals surface area contributed by atoms with Gasteiger partial charge in [0.2, 0.25) is 5.95 Å². The van der Waals surface area contributed by atoms with E-state index in [2.05, 4.69) is 27.2 Å². The Balaban J connectivity index is 1.47. The number of hydrogen-bond acceptors (Lipinski definition) is 5. The molecule has 0 saturated carbocycles. The molecule has 0 spiro atoms. The Kier molecular flexibility index (Phi) is 4.13. The van der Waals surface area contributed by atoms with Crippen molar-refractivity contribution in [3.05, 3.63) is 23.9 Å². The van der Waals surface area contributed by atoms with Gasteiger partial charge < -0.3 is 10.1 Å². The quantitative estimate of drug-likeness (QED) is 0.830. The van der Waals surface area contributed by atoms with E-state index < -0.39 is 0 Å². The first-order valence-corrected chi connectivity index (χ1v) is 7.18. The molecule has 0 atom stereocenters. The summed E-state index contributed by atoms with van der Waals surface area (Å²) < 4.78 is 7.16. The molecule has 20 heavy (non-hydrogen) atoms. The standard InChI is InChI=1S/C14H21N5O/c1-12-3-4-13-16-14(17-19(13)11-12)15-5-2-6-18-7-9-20-10-8-18/h3-4,11H,2,5-10H2,1H3,(H,15,17). The van der Waals surface area contributed by atoms with Crippen molar-refractivity contribution in [3.63, 3.8) is 0 Å². The predicted molar refractivity (Wildman–Crippen MR) is 78.1 cm³/mol. The molecule has 3 rings (SSSR count). The first-order chi connectivity index (χ1) is 9.81. The average Bonchev–Trinajstić information content (AvgIpc) is 2.86. The summed E-state index contributed by atoms with van der Waals surface area (Å²) >= 11 is 0. The third-order valence-electron chi connectivity index (χ3n) is 3.52. The fourth-order valence-corrected chi connectivity index (χ4v) is 2.39. The Bertz CT molecular complexity index is 562. The highest BCUT2D eigenvalue weighted by molar-refractivity contribution is 5.43. The van der Waals surface area contributed by atoms with Gasteiger partial charge in [-0.1, -0.05) is 6.07 Å². The first kappa shape index (κ1) is 13.3. The van der Waals surface area contributed by atoms with Crippen LogP contribution in [0.2, 0.25) is 0 Å². The van der Waals surface area contributed by atoms with Gasteiger partial charge in [0.1, 0.15) is 0 Å². The molecule has 1 aliphatic heterocycles. The number of ether oxygens (including phenoxy) is 1. The van der Waals surface area contributed by atoms with E-state index in [1.54, 1.807) is 0 Å². The topological polar surface area (TPSA) is 54.7 Å². The van der Waals surface area contributed by atoms with Gasteiger partial charge in [-0.25, -0.2) is 4.52 Å². The Labute approximate surface area is 118 Å². The summed E-state index contributed by atoms with van der Waals surface area (Å²) in [5.74, 6) is 0.706. The molecule has 6 nitrogen and oxygen atoms in total. The van der Waals surface area contributed by atoms with E-state index in [1.807, 2.05) is 22.8 Å². The lowest BCUT2D eigenvalue weighted by molar-refractivity contribution is 0.0378. The number of hydrogen-bond donors (Lipinski definition) is 1. The van der Waals surface area contributed by atoms with Gasteiger partial charge in [-0.3, -0.25) is 4.90 Å². The number of nitrogens with zero attached hydrogens (tertiary/aromatic N) is 4. The molecule has 2 aromatic rings. The number of morpholine rings is 1. The highest BCUT2D eigenvalue weighted by atomic mass is 16.5. The molecule has 0 unspecified atom stereocenters. The van der Waals surface area contributed by atoms with Gasteiger partial charge in [-0.15, -0.1) is 5.10 Å². The molecule has 1 aliphatic rings.